The van der Waals surface area contributed by atoms with Crippen molar-refractivity contribution >= 4 is 11.8 Å². The van der Waals surface area contributed by atoms with Crippen molar-refractivity contribution in [3.63, 3.8) is 0 Å². The predicted molar refractivity (Wildman–Crippen MR) is 89.5 cm³/mol. The van der Waals surface area contributed by atoms with Crippen molar-refractivity contribution in [2.75, 3.05) is 0 Å². The first-order chi connectivity index (χ1) is 11.7. The average Bonchev–Trinajstić information content (AvgIpc) is 2.64. The van der Waals surface area contributed by atoms with Gasteiger partial charge in [-0.1, -0.05) is 18.9 Å². The number of pyridine rings is 2. The Morgan fingerprint density at radius 2 is 1.67 bits per heavy atom. The maximum atomic E-state index is 12.3. The highest BCUT2D eigenvalue weighted by Gasteiger charge is 2.28. The van der Waals surface area contributed by atoms with Gasteiger partial charge in [0.1, 0.15) is 5.69 Å². The van der Waals surface area contributed by atoms with Crippen LogP contribution in [0, 0.1) is 0 Å². The van der Waals surface area contributed by atoms with Gasteiger partial charge in [-0.05, 0) is 37.1 Å². The highest BCUT2D eigenvalue weighted by atomic mass is 16.2. The normalized spacial score (nSPS) is 20.2. The van der Waals surface area contributed by atoms with Crippen molar-refractivity contribution < 1.29 is 9.59 Å². The van der Waals surface area contributed by atoms with E-state index in [4.69, 9.17) is 0 Å². The molecule has 6 nitrogen and oxygen atoms in total. The number of hydrogen-bond donors (Lipinski definition) is 2. The van der Waals surface area contributed by atoms with E-state index in [0.717, 1.165) is 25.7 Å². The second-order valence-corrected chi connectivity index (χ2v) is 5.90. The van der Waals surface area contributed by atoms with Gasteiger partial charge in [0.15, 0.2) is 0 Å². The molecule has 0 spiro atoms. The largest absolute Gasteiger partial charge is 0.347 e. The van der Waals surface area contributed by atoms with E-state index in [0.29, 0.717) is 11.3 Å². The van der Waals surface area contributed by atoms with Gasteiger partial charge in [0, 0.05) is 30.7 Å². The molecule has 2 amide bonds. The summed E-state index contributed by atoms with van der Waals surface area (Å²) in [6.07, 6.45) is 8.53. The maximum Gasteiger partial charge on any atom is 0.270 e. The zero-order chi connectivity index (χ0) is 16.8. The SMILES string of the molecule is O=C(NC1CCCCC1NC(=O)c1ccccn1)c1cccnc1. The molecule has 2 heterocycles. The standard InChI is InChI=1S/C18H20N4O2/c23-17(13-6-5-10-19-12-13)21-14-7-1-2-8-15(14)22-18(24)16-9-3-4-11-20-16/h3-6,9-12,14-15H,1-2,7-8H2,(H,21,23)(H,22,24). The highest BCUT2D eigenvalue weighted by Crippen LogP contribution is 2.19. The first kappa shape index (κ1) is 16.1. The zero-order valence-electron chi connectivity index (χ0n) is 13.3. The molecule has 2 unspecified atom stereocenters. The first-order valence-electron chi connectivity index (χ1n) is 8.17. The van der Waals surface area contributed by atoms with Gasteiger partial charge in [-0.3, -0.25) is 19.6 Å². The smallest absolute Gasteiger partial charge is 0.270 e. The van der Waals surface area contributed by atoms with Gasteiger partial charge in [0.05, 0.1) is 5.56 Å². The summed E-state index contributed by atoms with van der Waals surface area (Å²) in [6.45, 7) is 0. The fourth-order valence-electron chi connectivity index (χ4n) is 2.96. The summed E-state index contributed by atoms with van der Waals surface area (Å²) in [7, 11) is 0. The molecular formula is C18H20N4O2. The molecule has 2 N–H and O–H groups in total. The molecule has 124 valence electrons. The van der Waals surface area contributed by atoms with Crippen LogP contribution in [0.5, 0.6) is 0 Å². The fraction of sp³-hybridized carbons (Fsp3) is 0.333. The second-order valence-electron chi connectivity index (χ2n) is 5.90. The Morgan fingerprint density at radius 1 is 0.917 bits per heavy atom. The molecule has 1 aliphatic rings. The van der Waals surface area contributed by atoms with Crippen LogP contribution < -0.4 is 10.6 Å². The lowest BCUT2D eigenvalue weighted by Gasteiger charge is -2.32. The minimum Gasteiger partial charge on any atom is -0.347 e. The van der Waals surface area contributed by atoms with Crippen LogP contribution in [-0.2, 0) is 0 Å². The van der Waals surface area contributed by atoms with Gasteiger partial charge >= 0.3 is 0 Å². The van der Waals surface area contributed by atoms with E-state index in [-0.39, 0.29) is 23.9 Å². The fourth-order valence-corrected chi connectivity index (χ4v) is 2.96. The van der Waals surface area contributed by atoms with Gasteiger partial charge in [0.25, 0.3) is 11.8 Å². The van der Waals surface area contributed by atoms with Gasteiger partial charge in [-0.2, -0.15) is 0 Å². The van der Waals surface area contributed by atoms with E-state index < -0.39 is 0 Å². The number of nitrogens with zero attached hydrogens (tertiary/aromatic N) is 2. The van der Waals surface area contributed by atoms with Gasteiger partial charge < -0.3 is 10.6 Å². The lowest BCUT2D eigenvalue weighted by Crippen LogP contribution is -2.53. The monoisotopic (exact) mass is 324 g/mol. The van der Waals surface area contributed by atoms with Crippen molar-refractivity contribution in [2.45, 2.75) is 37.8 Å². The average molecular weight is 324 g/mol. The van der Waals surface area contributed by atoms with Gasteiger partial charge in [-0.15, -0.1) is 0 Å². The van der Waals surface area contributed by atoms with Crippen LogP contribution in [0.4, 0.5) is 0 Å². The van der Waals surface area contributed by atoms with Crippen molar-refractivity contribution in [1.29, 1.82) is 0 Å². The molecule has 0 aromatic carbocycles. The Bertz CT molecular complexity index is 629. The van der Waals surface area contributed by atoms with Crippen molar-refractivity contribution in [3.05, 3.63) is 60.2 Å². The third-order valence-corrected chi connectivity index (χ3v) is 4.22. The molecule has 2 aromatic rings. The zero-order valence-corrected chi connectivity index (χ0v) is 13.3. The highest BCUT2D eigenvalue weighted by molar-refractivity contribution is 5.94. The summed E-state index contributed by atoms with van der Waals surface area (Å²) in [4.78, 5) is 32.7. The van der Waals surface area contributed by atoms with E-state index in [1.54, 1.807) is 48.9 Å². The summed E-state index contributed by atoms with van der Waals surface area (Å²) < 4.78 is 0. The second kappa shape index (κ2) is 7.68. The Labute approximate surface area is 140 Å². The van der Waals surface area contributed by atoms with E-state index in [2.05, 4.69) is 20.6 Å². The topological polar surface area (TPSA) is 84.0 Å². The third-order valence-electron chi connectivity index (χ3n) is 4.22. The summed E-state index contributed by atoms with van der Waals surface area (Å²) in [5, 5.41) is 6.04. The Kier molecular flexibility index (Phi) is 5.15. The number of carbonyl (C=O) groups is 2. The summed E-state index contributed by atoms with van der Waals surface area (Å²) in [6, 6.07) is 8.52. The molecule has 24 heavy (non-hydrogen) atoms. The molecule has 3 rings (SSSR count). The Hall–Kier alpha value is -2.76. The molecule has 0 saturated heterocycles. The number of rotatable bonds is 4. The maximum absolute atomic E-state index is 12.3. The van der Waals surface area contributed by atoms with Crippen LogP contribution in [0.2, 0.25) is 0 Å². The molecule has 1 saturated carbocycles. The lowest BCUT2D eigenvalue weighted by atomic mass is 9.90. The molecule has 0 radical (unpaired) electrons. The quantitative estimate of drug-likeness (QED) is 0.900. The molecule has 2 atom stereocenters. The van der Waals surface area contributed by atoms with Crippen LogP contribution >= 0.6 is 0 Å². The summed E-state index contributed by atoms with van der Waals surface area (Å²) in [5.74, 6) is -0.366. The molecular weight excluding hydrogens is 304 g/mol. The number of hydrogen-bond acceptors (Lipinski definition) is 4. The predicted octanol–water partition coefficient (Wildman–Crippen LogP) is 1.95. The molecule has 0 bridgehead atoms. The number of nitrogens with one attached hydrogen (secondary N) is 2. The molecule has 0 aliphatic heterocycles. The van der Waals surface area contributed by atoms with Crippen molar-refractivity contribution in [3.8, 4) is 0 Å². The number of aromatic nitrogens is 2. The van der Waals surface area contributed by atoms with Crippen LogP contribution in [0.15, 0.2) is 48.9 Å². The van der Waals surface area contributed by atoms with Crippen LogP contribution in [0.25, 0.3) is 0 Å². The van der Waals surface area contributed by atoms with Gasteiger partial charge in [-0.25, -0.2) is 0 Å². The molecule has 1 aliphatic carbocycles. The first-order valence-corrected chi connectivity index (χ1v) is 8.17. The Balaban J connectivity index is 1.65. The number of amides is 2. The Morgan fingerprint density at radius 3 is 2.29 bits per heavy atom. The molecule has 6 heteroatoms. The minimum atomic E-state index is -0.205. The van der Waals surface area contributed by atoms with Crippen LogP contribution in [0.3, 0.4) is 0 Å². The van der Waals surface area contributed by atoms with E-state index in [9.17, 15) is 9.59 Å². The summed E-state index contributed by atoms with van der Waals surface area (Å²) in [5.41, 5.74) is 0.915. The van der Waals surface area contributed by atoms with E-state index in [1.165, 1.54) is 0 Å². The van der Waals surface area contributed by atoms with Crippen LogP contribution in [0.1, 0.15) is 46.5 Å². The molecule has 2 aromatic heterocycles. The van der Waals surface area contributed by atoms with Crippen molar-refractivity contribution in [2.24, 2.45) is 0 Å². The van der Waals surface area contributed by atoms with E-state index >= 15 is 0 Å². The summed E-state index contributed by atoms with van der Waals surface area (Å²) >= 11 is 0. The van der Waals surface area contributed by atoms with Crippen LogP contribution in [-0.4, -0.2) is 33.9 Å². The van der Waals surface area contributed by atoms with Gasteiger partial charge in [0.2, 0.25) is 0 Å². The third kappa shape index (κ3) is 3.95. The minimum absolute atomic E-state index is 0.0841. The molecule has 1 fully saturated rings. The van der Waals surface area contributed by atoms with Crippen molar-refractivity contribution in [1.82, 2.24) is 20.6 Å². The number of carbonyl (C=O) groups excluding carboxylic acids is 2. The lowest BCUT2D eigenvalue weighted by molar-refractivity contribution is 0.0860. The van der Waals surface area contributed by atoms with E-state index in [1.807, 2.05) is 0 Å².